The Balaban J connectivity index is 1.65. The largest absolute Gasteiger partial charge is 0.357 e. The average molecular weight is 436 g/mol. The van der Waals surface area contributed by atoms with Crippen molar-refractivity contribution >= 4 is 15.7 Å². The summed E-state index contributed by atoms with van der Waals surface area (Å²) < 4.78 is 35.9. The molecule has 1 aromatic heterocycles. The molecule has 0 radical (unpaired) electrons. The highest BCUT2D eigenvalue weighted by Crippen LogP contribution is 2.33. The second-order valence-corrected chi connectivity index (χ2v) is 9.82. The van der Waals surface area contributed by atoms with Gasteiger partial charge in [-0.15, -0.1) is 0 Å². The summed E-state index contributed by atoms with van der Waals surface area (Å²) in [5.74, 6) is -0.0545. The van der Waals surface area contributed by atoms with Gasteiger partial charge in [-0.1, -0.05) is 12.1 Å². The average Bonchev–Trinajstić information content (AvgIpc) is 3.17. The molecule has 10 heteroatoms. The number of hydrogen-bond donors (Lipinski definition) is 1. The molecule has 2 saturated heterocycles. The van der Waals surface area contributed by atoms with Crippen LogP contribution in [0.1, 0.15) is 24.0 Å². The molecule has 2 fully saturated rings. The van der Waals surface area contributed by atoms with Gasteiger partial charge < -0.3 is 14.4 Å². The maximum atomic E-state index is 12.9. The zero-order valence-electron chi connectivity index (χ0n) is 17.0. The van der Waals surface area contributed by atoms with E-state index in [-0.39, 0.29) is 16.9 Å². The first-order chi connectivity index (χ1) is 14.2. The van der Waals surface area contributed by atoms with Crippen LogP contribution in [0.15, 0.2) is 38.8 Å². The monoisotopic (exact) mass is 435 g/mol. The molecule has 0 bridgehead atoms. The highest BCUT2D eigenvalue weighted by molar-refractivity contribution is 7.90. The van der Waals surface area contributed by atoms with Crippen LogP contribution in [-0.4, -0.2) is 56.3 Å². The number of nitrogens with one attached hydrogen (secondary N) is 1. The lowest BCUT2D eigenvalue weighted by Gasteiger charge is -2.38. The second-order valence-electron chi connectivity index (χ2n) is 7.81. The van der Waals surface area contributed by atoms with Crippen molar-refractivity contribution in [2.75, 3.05) is 37.5 Å². The van der Waals surface area contributed by atoms with E-state index >= 15 is 0 Å². The third-order valence-electron chi connectivity index (χ3n) is 5.77. The van der Waals surface area contributed by atoms with Gasteiger partial charge in [0.05, 0.1) is 23.7 Å². The Morgan fingerprint density at radius 1 is 1.07 bits per heavy atom. The van der Waals surface area contributed by atoms with Crippen molar-refractivity contribution < 1.29 is 17.9 Å². The van der Waals surface area contributed by atoms with Crippen molar-refractivity contribution in [2.45, 2.75) is 29.9 Å². The Morgan fingerprint density at radius 3 is 2.23 bits per heavy atom. The van der Waals surface area contributed by atoms with Gasteiger partial charge in [0.25, 0.3) is 5.56 Å². The molecule has 0 atom stereocenters. The second kappa shape index (κ2) is 7.68. The summed E-state index contributed by atoms with van der Waals surface area (Å²) >= 11 is 0. The van der Waals surface area contributed by atoms with Gasteiger partial charge in [0.15, 0.2) is 15.6 Å². The van der Waals surface area contributed by atoms with Crippen LogP contribution in [-0.2, 0) is 32.8 Å². The van der Waals surface area contributed by atoms with Gasteiger partial charge in [-0.05, 0) is 17.7 Å². The zero-order valence-corrected chi connectivity index (χ0v) is 17.8. The maximum Gasteiger partial charge on any atom is 0.329 e. The molecule has 1 N–H and O–H groups in total. The van der Waals surface area contributed by atoms with E-state index in [9.17, 15) is 18.0 Å². The lowest BCUT2D eigenvalue weighted by atomic mass is 10.0. The summed E-state index contributed by atoms with van der Waals surface area (Å²) in [6.45, 7) is 2.33. The molecular weight excluding hydrogens is 410 g/mol. The number of anilines is 1. The Hall–Kier alpha value is -2.43. The third-order valence-corrected chi connectivity index (χ3v) is 6.89. The van der Waals surface area contributed by atoms with Gasteiger partial charge in [0.2, 0.25) is 0 Å². The van der Waals surface area contributed by atoms with Crippen LogP contribution in [0.5, 0.6) is 0 Å². The number of benzene rings is 1. The standard InChI is InChI=1S/C20H25N3O6S/c1-22-18(24)16(13-14-3-5-15(6-4-14)30(2,26)27)17(21-19(22)25)23-9-7-20(8-10-23)28-11-12-29-20/h3-6H,7-13H2,1-2H3,(H,21,25). The quantitative estimate of drug-likeness (QED) is 0.741. The van der Waals surface area contributed by atoms with Crippen molar-refractivity contribution in [3.63, 3.8) is 0 Å². The molecule has 30 heavy (non-hydrogen) atoms. The molecule has 1 aromatic carbocycles. The third kappa shape index (κ3) is 3.94. The topological polar surface area (TPSA) is 111 Å². The number of aromatic amines is 1. The Kier molecular flexibility index (Phi) is 5.33. The Labute approximate surface area is 174 Å². The van der Waals surface area contributed by atoms with Gasteiger partial charge in [0, 0.05) is 45.7 Å². The predicted molar refractivity (Wildman–Crippen MR) is 111 cm³/mol. The number of sulfone groups is 1. The number of piperidine rings is 1. The summed E-state index contributed by atoms with van der Waals surface area (Å²) in [7, 11) is -1.86. The van der Waals surface area contributed by atoms with E-state index in [1.807, 2.05) is 4.90 Å². The van der Waals surface area contributed by atoms with E-state index < -0.39 is 21.3 Å². The fraction of sp³-hybridized carbons (Fsp3) is 0.500. The van der Waals surface area contributed by atoms with Crippen LogP contribution in [0.25, 0.3) is 0 Å². The van der Waals surface area contributed by atoms with E-state index in [2.05, 4.69) is 4.98 Å². The fourth-order valence-electron chi connectivity index (χ4n) is 4.00. The summed E-state index contributed by atoms with van der Waals surface area (Å²) in [5, 5.41) is 0. The molecule has 0 saturated carbocycles. The van der Waals surface area contributed by atoms with E-state index in [1.54, 1.807) is 12.1 Å². The molecule has 3 heterocycles. The Bertz CT molecular complexity index is 1150. The summed E-state index contributed by atoms with van der Waals surface area (Å²) in [6, 6.07) is 6.44. The van der Waals surface area contributed by atoms with Crippen molar-refractivity contribution in [2.24, 2.45) is 7.05 Å². The SMILES string of the molecule is Cn1c(=O)[nH]c(N2CCC3(CC2)OCCO3)c(Cc2ccc(S(C)(=O)=O)cc2)c1=O. The van der Waals surface area contributed by atoms with Crippen molar-refractivity contribution in [3.05, 3.63) is 56.2 Å². The molecule has 2 aliphatic rings. The minimum atomic E-state index is -3.29. The number of H-pyrrole nitrogens is 1. The number of aromatic nitrogens is 2. The number of nitrogens with zero attached hydrogens (tertiary/aromatic N) is 2. The predicted octanol–water partition coefficient (Wildman–Crippen LogP) is 0.411. The van der Waals surface area contributed by atoms with Crippen LogP contribution in [0.2, 0.25) is 0 Å². The Morgan fingerprint density at radius 2 is 1.67 bits per heavy atom. The minimum absolute atomic E-state index is 0.221. The first-order valence-electron chi connectivity index (χ1n) is 9.83. The maximum absolute atomic E-state index is 12.9. The molecule has 2 aromatic rings. The van der Waals surface area contributed by atoms with Crippen LogP contribution >= 0.6 is 0 Å². The lowest BCUT2D eigenvalue weighted by Crippen LogP contribution is -2.47. The van der Waals surface area contributed by atoms with E-state index in [0.29, 0.717) is 50.5 Å². The molecule has 9 nitrogen and oxygen atoms in total. The molecule has 0 aliphatic carbocycles. The first-order valence-corrected chi connectivity index (χ1v) is 11.7. The van der Waals surface area contributed by atoms with Gasteiger partial charge in [0.1, 0.15) is 5.82 Å². The smallest absolute Gasteiger partial charge is 0.329 e. The molecule has 0 amide bonds. The normalized spacial score (nSPS) is 18.8. The highest BCUT2D eigenvalue weighted by atomic mass is 32.2. The van der Waals surface area contributed by atoms with Crippen LogP contribution in [0.4, 0.5) is 5.82 Å². The highest BCUT2D eigenvalue weighted by Gasteiger charge is 2.40. The van der Waals surface area contributed by atoms with E-state index in [4.69, 9.17) is 9.47 Å². The molecule has 0 unspecified atom stereocenters. The molecule has 2 aliphatic heterocycles. The fourth-order valence-corrected chi connectivity index (χ4v) is 4.63. The van der Waals surface area contributed by atoms with Crippen molar-refractivity contribution in [3.8, 4) is 0 Å². The van der Waals surface area contributed by atoms with Gasteiger partial charge >= 0.3 is 5.69 Å². The van der Waals surface area contributed by atoms with Crippen LogP contribution < -0.4 is 16.1 Å². The lowest BCUT2D eigenvalue weighted by molar-refractivity contribution is -0.169. The van der Waals surface area contributed by atoms with E-state index in [1.165, 1.54) is 19.2 Å². The molecular formula is C20H25N3O6S. The molecule has 4 rings (SSSR count). The van der Waals surface area contributed by atoms with Crippen LogP contribution in [0.3, 0.4) is 0 Å². The van der Waals surface area contributed by atoms with Crippen molar-refractivity contribution in [1.82, 2.24) is 9.55 Å². The summed E-state index contributed by atoms with van der Waals surface area (Å²) in [5.41, 5.74) is 0.409. The molecule has 1 spiro atoms. The zero-order chi connectivity index (χ0) is 21.5. The van der Waals surface area contributed by atoms with Gasteiger partial charge in [-0.3, -0.25) is 14.3 Å². The van der Waals surface area contributed by atoms with Crippen molar-refractivity contribution in [1.29, 1.82) is 0 Å². The van der Waals surface area contributed by atoms with Gasteiger partial charge in [-0.25, -0.2) is 13.2 Å². The van der Waals surface area contributed by atoms with Gasteiger partial charge in [-0.2, -0.15) is 0 Å². The van der Waals surface area contributed by atoms with Crippen LogP contribution in [0, 0.1) is 0 Å². The first kappa shape index (κ1) is 20.8. The summed E-state index contributed by atoms with van der Waals surface area (Å²) in [6.07, 6.45) is 2.72. The number of rotatable bonds is 4. The van der Waals surface area contributed by atoms with E-state index in [0.717, 1.165) is 16.4 Å². The number of hydrogen-bond acceptors (Lipinski definition) is 7. The number of ether oxygens (including phenoxy) is 2. The minimum Gasteiger partial charge on any atom is -0.357 e. The molecule has 162 valence electrons. The summed E-state index contributed by atoms with van der Waals surface area (Å²) in [4.78, 5) is 30.2.